The van der Waals surface area contributed by atoms with Gasteiger partial charge in [0.05, 0.1) is 0 Å². The van der Waals surface area contributed by atoms with Crippen molar-refractivity contribution in [1.82, 2.24) is 0 Å². The second-order valence-electron chi connectivity index (χ2n) is 1.93. The third-order valence-corrected chi connectivity index (χ3v) is 1.29. The molecule has 0 aromatic heterocycles. The Hall–Kier alpha value is -0.120. The topological polar surface area (TPSA) is 44.5 Å². The number of ether oxygens (including phenoxy) is 1. The van der Waals surface area contributed by atoms with Crippen LogP contribution in [0.5, 0.6) is 0 Å². The van der Waals surface area contributed by atoms with Crippen LogP contribution in [-0.4, -0.2) is 12.9 Å². The van der Waals surface area contributed by atoms with Crippen molar-refractivity contribution in [3.8, 4) is 0 Å². The Balaban J connectivity index is 0.000000371. The first-order valence-corrected chi connectivity index (χ1v) is 3.90. The molecule has 1 aliphatic rings. The van der Waals surface area contributed by atoms with Gasteiger partial charge in [0, 0.05) is 13.0 Å². The van der Waals surface area contributed by atoms with E-state index in [0.29, 0.717) is 0 Å². The summed E-state index contributed by atoms with van der Waals surface area (Å²) in [6.07, 6.45) is 3.11. The number of hydrogen-bond acceptors (Lipinski definition) is 3. The van der Waals surface area contributed by atoms with Gasteiger partial charge >= 0.3 is 0 Å². The van der Waals surface area contributed by atoms with Crippen molar-refractivity contribution in [2.24, 2.45) is 5.90 Å². The molecule has 0 saturated carbocycles. The highest BCUT2D eigenvalue weighted by molar-refractivity contribution is 4.51. The predicted octanol–water partition coefficient (Wildman–Crippen LogP) is 1.43. The average Bonchev–Trinajstić information content (AvgIpc) is 2.10. The first-order valence-electron chi connectivity index (χ1n) is 3.90. The van der Waals surface area contributed by atoms with Crippen molar-refractivity contribution in [2.75, 3.05) is 6.61 Å². The number of hydrogen-bond donors (Lipinski definition) is 1. The molecule has 1 atom stereocenters. The van der Waals surface area contributed by atoms with Gasteiger partial charge in [0.25, 0.3) is 0 Å². The molecule has 62 valence electrons. The third-order valence-electron chi connectivity index (χ3n) is 1.29. The molecule has 0 aliphatic carbocycles. The van der Waals surface area contributed by atoms with Crippen molar-refractivity contribution >= 4 is 0 Å². The van der Waals surface area contributed by atoms with Gasteiger partial charge in [0.15, 0.2) is 6.29 Å². The smallest absolute Gasteiger partial charge is 0.176 e. The minimum atomic E-state index is -0.135. The Morgan fingerprint density at radius 1 is 1.40 bits per heavy atom. The van der Waals surface area contributed by atoms with Crippen LogP contribution in [0.4, 0.5) is 0 Å². The summed E-state index contributed by atoms with van der Waals surface area (Å²) < 4.78 is 5.08. The van der Waals surface area contributed by atoms with E-state index >= 15 is 0 Å². The van der Waals surface area contributed by atoms with Crippen molar-refractivity contribution in [2.45, 2.75) is 39.4 Å². The molecular formula is C7H17NO2. The average molecular weight is 147 g/mol. The van der Waals surface area contributed by atoms with Crippen LogP contribution in [0.15, 0.2) is 0 Å². The molecule has 1 aliphatic heterocycles. The first-order chi connectivity index (χ1) is 4.93. The minimum absolute atomic E-state index is 0.135. The zero-order chi connectivity index (χ0) is 7.82. The van der Waals surface area contributed by atoms with Gasteiger partial charge in [0.2, 0.25) is 0 Å². The second kappa shape index (κ2) is 6.99. The molecule has 1 heterocycles. The molecular weight excluding hydrogens is 130 g/mol. The Labute approximate surface area is 62.4 Å². The molecule has 0 bridgehead atoms. The molecule has 0 aromatic carbocycles. The molecule has 0 amide bonds. The summed E-state index contributed by atoms with van der Waals surface area (Å²) in [7, 11) is 0. The maximum atomic E-state index is 5.08. The van der Waals surface area contributed by atoms with Gasteiger partial charge in [-0.15, -0.1) is 0 Å². The normalized spacial score (nSPS) is 24.9. The molecule has 0 aromatic rings. The summed E-state index contributed by atoms with van der Waals surface area (Å²) in [5.74, 6) is 4.88. The predicted molar refractivity (Wildman–Crippen MR) is 40.2 cm³/mol. The molecule has 1 unspecified atom stereocenters. The highest BCUT2D eigenvalue weighted by atomic mass is 16.7. The van der Waals surface area contributed by atoms with Gasteiger partial charge in [-0.05, 0) is 12.8 Å². The molecule has 1 fully saturated rings. The summed E-state index contributed by atoms with van der Waals surface area (Å²) in [6, 6.07) is 0. The van der Waals surface area contributed by atoms with Gasteiger partial charge in [-0.2, -0.15) is 0 Å². The molecule has 1 rings (SSSR count). The van der Waals surface area contributed by atoms with Crippen LogP contribution in [0, 0.1) is 0 Å². The van der Waals surface area contributed by atoms with Gasteiger partial charge in [0.1, 0.15) is 0 Å². The summed E-state index contributed by atoms with van der Waals surface area (Å²) >= 11 is 0. The largest absolute Gasteiger partial charge is 0.351 e. The number of rotatable bonds is 1. The van der Waals surface area contributed by atoms with Crippen LogP contribution >= 0.6 is 0 Å². The fourth-order valence-corrected chi connectivity index (χ4v) is 0.819. The van der Waals surface area contributed by atoms with E-state index in [2.05, 4.69) is 4.84 Å². The van der Waals surface area contributed by atoms with Crippen LogP contribution in [0.2, 0.25) is 0 Å². The van der Waals surface area contributed by atoms with Crippen LogP contribution in [0.3, 0.4) is 0 Å². The van der Waals surface area contributed by atoms with Crippen molar-refractivity contribution in [3.63, 3.8) is 0 Å². The molecule has 10 heavy (non-hydrogen) atoms. The lowest BCUT2D eigenvalue weighted by atomic mass is 10.2. The molecule has 3 heteroatoms. The van der Waals surface area contributed by atoms with Crippen LogP contribution in [0.25, 0.3) is 0 Å². The zero-order valence-electron chi connectivity index (χ0n) is 6.80. The molecule has 0 radical (unpaired) electrons. The van der Waals surface area contributed by atoms with Crippen molar-refractivity contribution < 1.29 is 9.57 Å². The minimum Gasteiger partial charge on any atom is -0.351 e. The van der Waals surface area contributed by atoms with E-state index in [9.17, 15) is 0 Å². The Kier molecular flexibility index (Phi) is 6.91. The lowest BCUT2D eigenvalue weighted by Crippen LogP contribution is -2.24. The van der Waals surface area contributed by atoms with Crippen LogP contribution < -0.4 is 5.90 Å². The van der Waals surface area contributed by atoms with E-state index in [1.54, 1.807) is 0 Å². The quantitative estimate of drug-likeness (QED) is 0.570. The van der Waals surface area contributed by atoms with Gasteiger partial charge in [-0.25, -0.2) is 5.90 Å². The Morgan fingerprint density at radius 2 is 2.10 bits per heavy atom. The summed E-state index contributed by atoms with van der Waals surface area (Å²) in [4.78, 5) is 4.47. The fraction of sp³-hybridized carbons (Fsp3) is 1.00. The monoisotopic (exact) mass is 147 g/mol. The van der Waals surface area contributed by atoms with E-state index in [0.717, 1.165) is 19.4 Å². The standard InChI is InChI=1S/C5H11NO2.C2H6/c6-8-5-3-1-2-4-7-5;1-2/h5H,1-4,6H2;1-2H3. The number of nitrogens with two attached hydrogens (primary N) is 1. The lowest BCUT2D eigenvalue weighted by Gasteiger charge is -2.19. The molecule has 2 N–H and O–H groups in total. The van der Waals surface area contributed by atoms with Crippen LogP contribution in [0.1, 0.15) is 33.1 Å². The van der Waals surface area contributed by atoms with Crippen molar-refractivity contribution in [1.29, 1.82) is 0 Å². The fourth-order valence-electron chi connectivity index (χ4n) is 0.819. The van der Waals surface area contributed by atoms with E-state index < -0.39 is 0 Å². The Bertz CT molecular complexity index is 62.6. The highest BCUT2D eigenvalue weighted by Crippen LogP contribution is 2.11. The van der Waals surface area contributed by atoms with Crippen LogP contribution in [-0.2, 0) is 9.57 Å². The van der Waals surface area contributed by atoms with E-state index in [-0.39, 0.29) is 6.29 Å². The summed E-state index contributed by atoms with van der Waals surface area (Å²) in [5.41, 5.74) is 0. The maximum absolute atomic E-state index is 5.08. The third kappa shape index (κ3) is 3.82. The zero-order valence-corrected chi connectivity index (χ0v) is 6.80. The van der Waals surface area contributed by atoms with Crippen molar-refractivity contribution in [3.05, 3.63) is 0 Å². The van der Waals surface area contributed by atoms with E-state index in [1.807, 2.05) is 13.8 Å². The second-order valence-corrected chi connectivity index (χ2v) is 1.93. The highest BCUT2D eigenvalue weighted by Gasteiger charge is 2.11. The molecule has 0 spiro atoms. The lowest BCUT2D eigenvalue weighted by molar-refractivity contribution is -0.164. The SMILES string of the molecule is CC.NOC1CCCCO1. The molecule has 3 nitrogen and oxygen atoms in total. The van der Waals surface area contributed by atoms with E-state index in [1.165, 1.54) is 6.42 Å². The van der Waals surface area contributed by atoms with Gasteiger partial charge in [-0.1, -0.05) is 13.8 Å². The summed E-state index contributed by atoms with van der Waals surface area (Å²) in [5, 5.41) is 0. The molecule has 1 saturated heterocycles. The summed E-state index contributed by atoms with van der Waals surface area (Å²) in [6.45, 7) is 4.79. The first kappa shape index (κ1) is 9.88. The van der Waals surface area contributed by atoms with Gasteiger partial charge < -0.3 is 4.74 Å². The Morgan fingerprint density at radius 3 is 2.40 bits per heavy atom. The maximum Gasteiger partial charge on any atom is 0.176 e. The van der Waals surface area contributed by atoms with E-state index in [4.69, 9.17) is 10.6 Å². The van der Waals surface area contributed by atoms with Gasteiger partial charge in [-0.3, -0.25) is 4.84 Å².